The summed E-state index contributed by atoms with van der Waals surface area (Å²) in [6.45, 7) is 1.55. The molecule has 3 aliphatic heterocycles. The van der Waals surface area contributed by atoms with Crippen LogP contribution in [0.5, 0.6) is 0 Å². The quantitative estimate of drug-likeness (QED) is 0.763. The summed E-state index contributed by atoms with van der Waals surface area (Å²) in [4.78, 5) is 41.3. The molecule has 29 heavy (non-hydrogen) atoms. The number of imide groups is 1. The summed E-state index contributed by atoms with van der Waals surface area (Å²) in [6.07, 6.45) is 5.28. The number of ether oxygens (including phenoxy) is 1. The molecule has 1 spiro atoms. The lowest BCUT2D eigenvalue weighted by Crippen LogP contribution is -2.52. The molecule has 8 nitrogen and oxygen atoms in total. The predicted octanol–water partition coefficient (Wildman–Crippen LogP) is 2.13. The normalized spacial score (nSPS) is 27.6. The van der Waals surface area contributed by atoms with E-state index in [0.717, 1.165) is 31.2 Å². The molecule has 0 radical (unpaired) electrons. The van der Waals surface area contributed by atoms with E-state index in [-0.39, 0.29) is 30.1 Å². The minimum absolute atomic E-state index is 0.0777. The number of benzene rings is 1. The van der Waals surface area contributed by atoms with Gasteiger partial charge in [-0.15, -0.1) is 0 Å². The number of hydrogen-bond donors (Lipinski definition) is 2. The topological polar surface area (TPSA) is 91.0 Å². The van der Waals surface area contributed by atoms with Gasteiger partial charge in [0.05, 0.1) is 31.0 Å². The van der Waals surface area contributed by atoms with Crippen LogP contribution in [0.3, 0.4) is 0 Å². The monoisotopic (exact) mass is 398 g/mol. The van der Waals surface area contributed by atoms with Gasteiger partial charge in [-0.25, -0.2) is 14.5 Å². The van der Waals surface area contributed by atoms with Crippen molar-refractivity contribution < 1.29 is 19.1 Å². The lowest BCUT2D eigenvalue weighted by molar-refractivity contribution is -0.121. The Balaban J connectivity index is 1.27. The predicted molar refractivity (Wildman–Crippen MR) is 105 cm³/mol. The van der Waals surface area contributed by atoms with Crippen LogP contribution in [-0.2, 0) is 16.1 Å². The molecule has 2 N–H and O–H groups in total. The Kier molecular flexibility index (Phi) is 4.46. The third-order valence-electron chi connectivity index (χ3n) is 6.71. The van der Waals surface area contributed by atoms with Gasteiger partial charge >= 0.3 is 12.1 Å². The molecule has 1 aromatic rings. The summed E-state index contributed by atoms with van der Waals surface area (Å²) in [7, 11) is 0. The molecule has 3 heterocycles. The van der Waals surface area contributed by atoms with Crippen molar-refractivity contribution >= 4 is 23.7 Å². The maximum Gasteiger partial charge on any atom is 0.329 e. The number of amides is 5. The molecule has 8 heteroatoms. The highest BCUT2D eigenvalue weighted by molar-refractivity contribution is 6.23. The Labute approximate surface area is 169 Å². The molecule has 5 rings (SSSR count). The zero-order valence-electron chi connectivity index (χ0n) is 16.4. The highest BCUT2D eigenvalue weighted by Crippen LogP contribution is 2.37. The van der Waals surface area contributed by atoms with Gasteiger partial charge in [-0.3, -0.25) is 4.79 Å². The molecular weight excluding hydrogens is 372 g/mol. The smallest absolute Gasteiger partial charge is 0.329 e. The largest absolute Gasteiger partial charge is 0.377 e. The number of morpholine rings is 1. The van der Waals surface area contributed by atoms with Crippen molar-refractivity contribution in [2.75, 3.05) is 18.1 Å². The van der Waals surface area contributed by atoms with Crippen LogP contribution in [0.2, 0.25) is 0 Å². The van der Waals surface area contributed by atoms with E-state index in [4.69, 9.17) is 4.74 Å². The van der Waals surface area contributed by atoms with E-state index in [0.29, 0.717) is 38.3 Å². The van der Waals surface area contributed by atoms with E-state index in [1.165, 1.54) is 4.90 Å². The van der Waals surface area contributed by atoms with Gasteiger partial charge in [0.2, 0.25) is 0 Å². The van der Waals surface area contributed by atoms with Gasteiger partial charge in [0, 0.05) is 6.54 Å². The molecule has 1 saturated carbocycles. The Morgan fingerprint density at radius 3 is 2.62 bits per heavy atom. The first-order valence-corrected chi connectivity index (χ1v) is 10.5. The van der Waals surface area contributed by atoms with Crippen molar-refractivity contribution in [2.24, 2.45) is 0 Å². The van der Waals surface area contributed by atoms with Gasteiger partial charge < -0.3 is 20.3 Å². The molecule has 2 atom stereocenters. The highest BCUT2D eigenvalue weighted by Gasteiger charge is 2.52. The van der Waals surface area contributed by atoms with Crippen molar-refractivity contribution in [3.05, 3.63) is 29.8 Å². The number of anilines is 1. The van der Waals surface area contributed by atoms with Crippen molar-refractivity contribution in [1.82, 2.24) is 15.5 Å². The molecule has 4 fully saturated rings. The van der Waals surface area contributed by atoms with Crippen LogP contribution < -0.4 is 15.5 Å². The van der Waals surface area contributed by atoms with Gasteiger partial charge in [0.25, 0.3) is 5.91 Å². The van der Waals surface area contributed by atoms with Crippen LogP contribution in [-0.4, -0.2) is 53.7 Å². The second-order valence-corrected chi connectivity index (χ2v) is 8.52. The summed E-state index contributed by atoms with van der Waals surface area (Å²) >= 11 is 0. The first kappa shape index (κ1) is 18.4. The number of carbonyl (C=O) groups is 3. The fourth-order valence-corrected chi connectivity index (χ4v) is 5.21. The number of urea groups is 2. The number of rotatable bonds is 3. The zero-order chi connectivity index (χ0) is 20.0. The Hall–Kier alpha value is -2.61. The van der Waals surface area contributed by atoms with E-state index in [2.05, 4.69) is 10.6 Å². The highest BCUT2D eigenvalue weighted by atomic mass is 16.5. The van der Waals surface area contributed by atoms with Crippen molar-refractivity contribution in [3.8, 4) is 0 Å². The third-order valence-corrected chi connectivity index (χ3v) is 6.71. The SMILES string of the molecule is O=C1NC2(CCCC2)C(=O)N1c1cccc(CNC(=O)N2C3CCC2COC3)c1. The van der Waals surface area contributed by atoms with Crippen molar-refractivity contribution in [3.63, 3.8) is 0 Å². The van der Waals surface area contributed by atoms with E-state index in [1.807, 2.05) is 17.0 Å². The summed E-state index contributed by atoms with van der Waals surface area (Å²) in [5.74, 6) is -0.161. The summed E-state index contributed by atoms with van der Waals surface area (Å²) in [6, 6.07) is 7.16. The Morgan fingerprint density at radius 1 is 1.17 bits per heavy atom. The second kappa shape index (κ2) is 7.02. The van der Waals surface area contributed by atoms with Gasteiger partial charge in [-0.05, 0) is 43.4 Å². The van der Waals surface area contributed by atoms with Gasteiger partial charge in [0.15, 0.2) is 0 Å². The number of fused-ring (bicyclic) bond motifs is 2. The maximum absolute atomic E-state index is 13.0. The van der Waals surface area contributed by atoms with Crippen LogP contribution in [0.15, 0.2) is 24.3 Å². The molecule has 5 amide bonds. The van der Waals surface area contributed by atoms with Crippen molar-refractivity contribution in [2.45, 2.75) is 62.7 Å². The third kappa shape index (κ3) is 3.06. The summed E-state index contributed by atoms with van der Waals surface area (Å²) in [5.41, 5.74) is 0.676. The van der Waals surface area contributed by atoms with Gasteiger partial charge in [0.1, 0.15) is 5.54 Å². The molecule has 1 aliphatic carbocycles. The molecule has 3 saturated heterocycles. The van der Waals surface area contributed by atoms with Crippen LogP contribution in [0.1, 0.15) is 44.1 Å². The van der Waals surface area contributed by atoms with E-state index in [9.17, 15) is 14.4 Å². The summed E-state index contributed by atoms with van der Waals surface area (Å²) in [5, 5.41) is 5.89. The molecule has 2 unspecified atom stereocenters. The maximum atomic E-state index is 13.0. The standard InChI is InChI=1S/C21H26N4O4/c26-18-21(8-1-2-9-21)23-20(28)25(18)15-5-3-4-14(10-15)11-22-19(27)24-16-6-7-17(24)13-29-12-16/h3-5,10,16-17H,1-2,6-9,11-13H2,(H,22,27)(H,23,28). The van der Waals surface area contributed by atoms with E-state index in [1.54, 1.807) is 12.1 Å². The van der Waals surface area contributed by atoms with Gasteiger partial charge in [-0.2, -0.15) is 0 Å². The average Bonchev–Trinajstić information content (AvgIpc) is 3.36. The Morgan fingerprint density at radius 2 is 1.90 bits per heavy atom. The molecular formula is C21H26N4O4. The van der Waals surface area contributed by atoms with Crippen LogP contribution >= 0.6 is 0 Å². The van der Waals surface area contributed by atoms with Crippen LogP contribution in [0, 0.1) is 0 Å². The molecule has 0 aromatic heterocycles. The number of nitrogens with one attached hydrogen (secondary N) is 2. The number of nitrogens with zero attached hydrogens (tertiary/aromatic N) is 2. The molecule has 4 aliphatic rings. The molecule has 2 bridgehead atoms. The molecule has 154 valence electrons. The second-order valence-electron chi connectivity index (χ2n) is 8.52. The summed E-state index contributed by atoms with van der Waals surface area (Å²) < 4.78 is 5.54. The van der Waals surface area contributed by atoms with Crippen molar-refractivity contribution in [1.29, 1.82) is 0 Å². The first-order valence-electron chi connectivity index (χ1n) is 10.5. The van der Waals surface area contributed by atoms with Crippen LogP contribution in [0.4, 0.5) is 15.3 Å². The number of carbonyl (C=O) groups excluding carboxylic acids is 3. The number of hydrogen-bond acceptors (Lipinski definition) is 4. The first-order chi connectivity index (χ1) is 14.1. The van der Waals surface area contributed by atoms with Gasteiger partial charge in [-0.1, -0.05) is 25.0 Å². The van der Waals surface area contributed by atoms with E-state index < -0.39 is 5.54 Å². The zero-order valence-corrected chi connectivity index (χ0v) is 16.4. The Bertz CT molecular complexity index is 835. The fraction of sp³-hybridized carbons (Fsp3) is 0.571. The minimum Gasteiger partial charge on any atom is -0.377 e. The molecule has 1 aromatic carbocycles. The minimum atomic E-state index is -0.725. The fourth-order valence-electron chi connectivity index (χ4n) is 5.21. The van der Waals surface area contributed by atoms with Crippen LogP contribution in [0.25, 0.3) is 0 Å². The lowest BCUT2D eigenvalue weighted by Gasteiger charge is -2.34. The average molecular weight is 398 g/mol. The lowest BCUT2D eigenvalue weighted by atomic mass is 9.98. The van der Waals surface area contributed by atoms with E-state index >= 15 is 0 Å².